The second kappa shape index (κ2) is 4.56. The molecule has 1 aliphatic carbocycles. The molecule has 4 unspecified atom stereocenters. The van der Waals surface area contributed by atoms with Crippen molar-refractivity contribution in [1.82, 2.24) is 0 Å². The largest absolute Gasteiger partial charge is 0.328 e. The Morgan fingerprint density at radius 2 is 1.92 bits per heavy atom. The summed E-state index contributed by atoms with van der Waals surface area (Å²) in [7, 11) is -0.671. The molecule has 1 rings (SSSR count). The van der Waals surface area contributed by atoms with Gasteiger partial charge in [-0.1, -0.05) is 20.8 Å². The van der Waals surface area contributed by atoms with Gasteiger partial charge < -0.3 is 5.73 Å². The standard InChI is InChI=1S/C10H21NOS/c1-7(2)8(3)13(12)10-5-4-9(11)6-10/h7-10H,4-6,11H2,1-3H3. The van der Waals surface area contributed by atoms with E-state index in [0.29, 0.717) is 22.5 Å². The third kappa shape index (κ3) is 2.78. The molecular formula is C10H21NOS. The van der Waals surface area contributed by atoms with Crippen LogP contribution in [0.15, 0.2) is 0 Å². The molecule has 0 aromatic carbocycles. The molecule has 0 bridgehead atoms. The van der Waals surface area contributed by atoms with E-state index in [0.717, 1.165) is 19.3 Å². The summed E-state index contributed by atoms with van der Waals surface area (Å²) in [6.07, 6.45) is 3.08. The Balaban J connectivity index is 2.48. The van der Waals surface area contributed by atoms with Crippen molar-refractivity contribution in [3.8, 4) is 0 Å². The second-order valence-corrected chi connectivity index (χ2v) is 6.54. The summed E-state index contributed by atoms with van der Waals surface area (Å²) >= 11 is 0. The molecule has 4 atom stereocenters. The monoisotopic (exact) mass is 203 g/mol. The lowest BCUT2D eigenvalue weighted by Gasteiger charge is -2.19. The zero-order valence-electron chi connectivity index (χ0n) is 8.82. The maximum Gasteiger partial charge on any atom is 0.0366 e. The van der Waals surface area contributed by atoms with Crippen LogP contribution in [0.5, 0.6) is 0 Å². The highest BCUT2D eigenvalue weighted by atomic mass is 32.2. The van der Waals surface area contributed by atoms with Gasteiger partial charge in [-0.25, -0.2) is 0 Å². The van der Waals surface area contributed by atoms with Gasteiger partial charge in [0.15, 0.2) is 0 Å². The number of hydrogen-bond acceptors (Lipinski definition) is 2. The minimum absolute atomic E-state index is 0.299. The zero-order chi connectivity index (χ0) is 10.0. The van der Waals surface area contributed by atoms with Crippen molar-refractivity contribution in [3.63, 3.8) is 0 Å². The Morgan fingerprint density at radius 1 is 1.31 bits per heavy atom. The van der Waals surface area contributed by atoms with E-state index in [9.17, 15) is 4.21 Å². The first-order valence-electron chi connectivity index (χ1n) is 5.17. The molecule has 0 heterocycles. The molecule has 78 valence electrons. The smallest absolute Gasteiger partial charge is 0.0366 e. The molecule has 0 aromatic rings. The molecule has 0 radical (unpaired) electrons. The number of nitrogens with two attached hydrogens (primary N) is 1. The van der Waals surface area contributed by atoms with Crippen molar-refractivity contribution in [3.05, 3.63) is 0 Å². The average Bonchev–Trinajstić information content (AvgIpc) is 2.49. The van der Waals surface area contributed by atoms with Gasteiger partial charge in [-0.3, -0.25) is 4.21 Å². The number of hydrogen-bond donors (Lipinski definition) is 1. The molecule has 3 heteroatoms. The van der Waals surface area contributed by atoms with Crippen LogP contribution in [-0.2, 0) is 10.8 Å². The normalized spacial score (nSPS) is 33.6. The second-order valence-electron chi connectivity index (χ2n) is 4.47. The van der Waals surface area contributed by atoms with Gasteiger partial charge in [0.1, 0.15) is 0 Å². The molecule has 1 aliphatic rings. The van der Waals surface area contributed by atoms with Crippen molar-refractivity contribution in [2.24, 2.45) is 11.7 Å². The van der Waals surface area contributed by atoms with E-state index in [-0.39, 0.29) is 0 Å². The van der Waals surface area contributed by atoms with Gasteiger partial charge in [-0.15, -0.1) is 0 Å². The van der Waals surface area contributed by atoms with E-state index in [1.165, 1.54) is 0 Å². The fraction of sp³-hybridized carbons (Fsp3) is 1.00. The van der Waals surface area contributed by atoms with Crippen LogP contribution in [-0.4, -0.2) is 20.8 Å². The maximum atomic E-state index is 12.0. The summed E-state index contributed by atoms with van der Waals surface area (Å²) < 4.78 is 12.0. The van der Waals surface area contributed by atoms with Crippen molar-refractivity contribution >= 4 is 10.8 Å². The quantitative estimate of drug-likeness (QED) is 0.758. The first-order valence-corrected chi connectivity index (χ1v) is 6.45. The van der Waals surface area contributed by atoms with E-state index in [1.807, 2.05) is 0 Å². The SMILES string of the molecule is CC(C)C(C)S(=O)C1CCC(N)C1. The molecular weight excluding hydrogens is 182 g/mol. The highest BCUT2D eigenvalue weighted by molar-refractivity contribution is 7.86. The van der Waals surface area contributed by atoms with Gasteiger partial charge in [-0.2, -0.15) is 0 Å². The van der Waals surface area contributed by atoms with Crippen molar-refractivity contribution < 1.29 is 4.21 Å². The van der Waals surface area contributed by atoms with Gasteiger partial charge in [0.2, 0.25) is 0 Å². The molecule has 0 aromatic heterocycles. The van der Waals surface area contributed by atoms with Gasteiger partial charge in [0.05, 0.1) is 0 Å². The first kappa shape index (κ1) is 11.2. The predicted octanol–water partition coefficient (Wildman–Crippen LogP) is 1.66. The fourth-order valence-electron chi connectivity index (χ4n) is 1.76. The topological polar surface area (TPSA) is 43.1 Å². The molecule has 13 heavy (non-hydrogen) atoms. The van der Waals surface area contributed by atoms with E-state index < -0.39 is 10.8 Å². The van der Waals surface area contributed by atoms with E-state index in [4.69, 9.17) is 5.73 Å². The lowest BCUT2D eigenvalue weighted by atomic mass is 10.2. The van der Waals surface area contributed by atoms with Crippen LogP contribution in [0.3, 0.4) is 0 Å². The average molecular weight is 203 g/mol. The Kier molecular flexibility index (Phi) is 3.92. The molecule has 2 N–H and O–H groups in total. The summed E-state index contributed by atoms with van der Waals surface area (Å²) in [6, 6.07) is 0.299. The Bertz CT molecular complexity index is 193. The highest BCUT2D eigenvalue weighted by Gasteiger charge is 2.30. The Hall–Kier alpha value is 0.110. The third-order valence-corrected chi connectivity index (χ3v) is 5.42. The van der Waals surface area contributed by atoms with Gasteiger partial charge in [0.25, 0.3) is 0 Å². The maximum absolute atomic E-state index is 12.0. The summed E-state index contributed by atoms with van der Waals surface area (Å²) in [6.45, 7) is 6.36. The molecule has 0 aliphatic heterocycles. The minimum Gasteiger partial charge on any atom is -0.328 e. The van der Waals surface area contributed by atoms with E-state index in [2.05, 4.69) is 20.8 Å². The third-order valence-electron chi connectivity index (χ3n) is 3.06. The minimum atomic E-state index is -0.671. The summed E-state index contributed by atoms with van der Waals surface area (Å²) in [5.41, 5.74) is 5.80. The van der Waals surface area contributed by atoms with Crippen molar-refractivity contribution in [2.75, 3.05) is 0 Å². The van der Waals surface area contributed by atoms with E-state index in [1.54, 1.807) is 0 Å². The molecule has 0 spiro atoms. The highest BCUT2D eigenvalue weighted by Crippen LogP contribution is 2.26. The van der Waals surface area contributed by atoms with Crippen LogP contribution < -0.4 is 5.73 Å². The van der Waals surface area contributed by atoms with Crippen molar-refractivity contribution in [1.29, 1.82) is 0 Å². The van der Waals surface area contributed by atoms with E-state index >= 15 is 0 Å². The van der Waals surface area contributed by atoms with Crippen LogP contribution in [0.25, 0.3) is 0 Å². The van der Waals surface area contributed by atoms with Crippen LogP contribution in [0, 0.1) is 5.92 Å². The Labute approximate surface area is 83.7 Å². The zero-order valence-corrected chi connectivity index (χ0v) is 9.64. The van der Waals surface area contributed by atoms with Crippen LogP contribution in [0.4, 0.5) is 0 Å². The molecule has 0 amide bonds. The van der Waals surface area contributed by atoms with Gasteiger partial charge in [-0.05, 0) is 25.2 Å². The molecule has 1 fully saturated rings. The number of rotatable bonds is 3. The Morgan fingerprint density at radius 3 is 2.31 bits per heavy atom. The molecule has 2 nitrogen and oxygen atoms in total. The first-order chi connectivity index (χ1) is 6.02. The summed E-state index contributed by atoms with van der Waals surface area (Å²) in [4.78, 5) is 0. The predicted molar refractivity (Wildman–Crippen MR) is 58.1 cm³/mol. The summed E-state index contributed by atoms with van der Waals surface area (Å²) in [5.74, 6) is 0.512. The van der Waals surface area contributed by atoms with Gasteiger partial charge >= 0.3 is 0 Å². The molecule has 0 saturated heterocycles. The van der Waals surface area contributed by atoms with Crippen LogP contribution >= 0.6 is 0 Å². The van der Waals surface area contributed by atoms with Crippen LogP contribution in [0.1, 0.15) is 40.0 Å². The molecule has 1 saturated carbocycles. The lowest BCUT2D eigenvalue weighted by Crippen LogP contribution is -2.27. The summed E-state index contributed by atoms with van der Waals surface area (Å²) in [5, 5.41) is 0.683. The van der Waals surface area contributed by atoms with Crippen LogP contribution in [0.2, 0.25) is 0 Å². The van der Waals surface area contributed by atoms with Crippen molar-refractivity contribution in [2.45, 2.75) is 56.6 Å². The fourth-order valence-corrected chi connectivity index (χ4v) is 3.71. The van der Waals surface area contributed by atoms with Gasteiger partial charge in [0, 0.05) is 27.3 Å². The lowest BCUT2D eigenvalue weighted by molar-refractivity contribution is 0.594.